The van der Waals surface area contributed by atoms with Crippen LogP contribution in [-0.4, -0.2) is 58.8 Å². The molecular weight excluding hydrogens is 410 g/mol. The van der Waals surface area contributed by atoms with E-state index in [1.165, 1.54) is 16.1 Å². The Labute approximate surface area is 176 Å². The maximum atomic E-state index is 12.9. The van der Waals surface area contributed by atoms with Crippen molar-refractivity contribution in [2.45, 2.75) is 49.7 Å². The molecule has 0 unspecified atom stereocenters. The van der Waals surface area contributed by atoms with Gasteiger partial charge in [0.05, 0.1) is 10.6 Å². The van der Waals surface area contributed by atoms with Crippen LogP contribution in [0, 0.1) is 0 Å². The number of rotatable bonds is 9. The molecule has 3 rings (SSSR count). The number of aromatic nitrogens is 3. The van der Waals surface area contributed by atoms with Crippen LogP contribution in [0.5, 0.6) is 0 Å². The van der Waals surface area contributed by atoms with Gasteiger partial charge in [0, 0.05) is 31.7 Å². The SMILES string of the molecule is CCCNC(=O)CSc1nnc(-c2cccc(S(=O)(=O)N3CCCC3)c2)n1CC. The van der Waals surface area contributed by atoms with Crippen LogP contribution in [-0.2, 0) is 21.4 Å². The van der Waals surface area contributed by atoms with Gasteiger partial charge in [-0.25, -0.2) is 8.42 Å². The van der Waals surface area contributed by atoms with E-state index in [4.69, 9.17) is 0 Å². The number of nitrogens with zero attached hydrogens (tertiary/aromatic N) is 4. The lowest BCUT2D eigenvalue weighted by Gasteiger charge is -2.16. The number of benzene rings is 1. The molecule has 0 saturated carbocycles. The lowest BCUT2D eigenvalue weighted by molar-refractivity contribution is -0.118. The highest BCUT2D eigenvalue weighted by Gasteiger charge is 2.27. The van der Waals surface area contributed by atoms with Crippen LogP contribution >= 0.6 is 11.8 Å². The Balaban J connectivity index is 1.82. The summed E-state index contributed by atoms with van der Waals surface area (Å²) in [6.45, 7) is 6.38. The van der Waals surface area contributed by atoms with E-state index in [1.54, 1.807) is 18.2 Å². The van der Waals surface area contributed by atoms with Crippen molar-refractivity contribution >= 4 is 27.7 Å². The summed E-state index contributed by atoms with van der Waals surface area (Å²) in [6.07, 6.45) is 2.69. The highest BCUT2D eigenvalue weighted by molar-refractivity contribution is 7.99. The van der Waals surface area contributed by atoms with Gasteiger partial charge in [0.15, 0.2) is 11.0 Å². The van der Waals surface area contributed by atoms with Crippen LogP contribution in [0.1, 0.15) is 33.1 Å². The minimum absolute atomic E-state index is 0.0391. The van der Waals surface area contributed by atoms with Crippen LogP contribution in [0.25, 0.3) is 11.4 Å². The van der Waals surface area contributed by atoms with Gasteiger partial charge < -0.3 is 9.88 Å². The molecular formula is C19H27N5O3S2. The third-order valence-corrected chi connectivity index (χ3v) is 7.59. The molecule has 1 aliphatic rings. The first-order valence-electron chi connectivity index (χ1n) is 9.90. The summed E-state index contributed by atoms with van der Waals surface area (Å²) >= 11 is 1.33. The molecule has 1 N–H and O–H groups in total. The van der Waals surface area contributed by atoms with E-state index in [0.29, 0.717) is 42.7 Å². The molecule has 1 amide bonds. The van der Waals surface area contributed by atoms with E-state index < -0.39 is 10.0 Å². The molecule has 10 heteroatoms. The molecule has 1 aliphatic heterocycles. The Hall–Kier alpha value is -1.91. The zero-order valence-corrected chi connectivity index (χ0v) is 18.4. The number of nitrogens with one attached hydrogen (secondary N) is 1. The number of hydrogen-bond acceptors (Lipinski definition) is 6. The normalized spacial score (nSPS) is 15.0. The average molecular weight is 438 g/mol. The van der Waals surface area contributed by atoms with Gasteiger partial charge in [0.1, 0.15) is 0 Å². The third kappa shape index (κ3) is 4.99. The largest absolute Gasteiger partial charge is 0.355 e. The number of amides is 1. The lowest BCUT2D eigenvalue weighted by atomic mass is 10.2. The fourth-order valence-corrected chi connectivity index (χ4v) is 5.61. The number of carbonyl (C=O) groups excluding carboxylic acids is 1. The second-order valence-corrected chi connectivity index (χ2v) is 9.71. The molecule has 0 aliphatic carbocycles. The predicted octanol–water partition coefficient (Wildman–Crippen LogP) is 2.37. The smallest absolute Gasteiger partial charge is 0.243 e. The molecule has 29 heavy (non-hydrogen) atoms. The fraction of sp³-hybridized carbons (Fsp3) is 0.526. The molecule has 0 bridgehead atoms. The molecule has 2 heterocycles. The Morgan fingerprint density at radius 2 is 1.97 bits per heavy atom. The van der Waals surface area contributed by atoms with E-state index >= 15 is 0 Å². The molecule has 158 valence electrons. The standard InChI is InChI=1S/C19H27N5O3S2/c1-3-10-20-17(25)14-28-19-22-21-18(24(19)4-2)15-8-7-9-16(13-15)29(26,27)23-11-5-6-12-23/h7-9,13H,3-6,10-12,14H2,1-2H3,(H,20,25). The number of thioether (sulfide) groups is 1. The highest BCUT2D eigenvalue weighted by Crippen LogP contribution is 2.27. The maximum Gasteiger partial charge on any atom is 0.243 e. The fourth-order valence-electron chi connectivity index (χ4n) is 3.21. The van der Waals surface area contributed by atoms with Crippen molar-refractivity contribution in [1.29, 1.82) is 0 Å². The van der Waals surface area contributed by atoms with Crippen LogP contribution in [0.2, 0.25) is 0 Å². The number of carbonyl (C=O) groups is 1. The van der Waals surface area contributed by atoms with E-state index in [9.17, 15) is 13.2 Å². The van der Waals surface area contributed by atoms with Gasteiger partial charge in [-0.15, -0.1) is 10.2 Å². The Bertz CT molecular complexity index is 953. The monoisotopic (exact) mass is 437 g/mol. The third-order valence-electron chi connectivity index (χ3n) is 4.73. The quantitative estimate of drug-likeness (QED) is 0.605. The van der Waals surface area contributed by atoms with Gasteiger partial charge in [-0.3, -0.25) is 4.79 Å². The van der Waals surface area contributed by atoms with Crippen molar-refractivity contribution in [2.24, 2.45) is 0 Å². The van der Waals surface area contributed by atoms with Gasteiger partial charge in [0.2, 0.25) is 15.9 Å². The number of hydrogen-bond donors (Lipinski definition) is 1. The lowest BCUT2D eigenvalue weighted by Crippen LogP contribution is -2.27. The first-order valence-corrected chi connectivity index (χ1v) is 12.3. The van der Waals surface area contributed by atoms with E-state index in [1.807, 2.05) is 24.5 Å². The minimum atomic E-state index is -3.49. The average Bonchev–Trinajstić information content (AvgIpc) is 3.40. The summed E-state index contributed by atoms with van der Waals surface area (Å²) in [5, 5.41) is 12.0. The van der Waals surface area contributed by atoms with Crippen LogP contribution < -0.4 is 5.32 Å². The second kappa shape index (κ2) is 9.73. The topological polar surface area (TPSA) is 97.2 Å². The van der Waals surface area contributed by atoms with Gasteiger partial charge in [-0.1, -0.05) is 30.8 Å². The molecule has 0 spiro atoms. The van der Waals surface area contributed by atoms with Gasteiger partial charge in [-0.2, -0.15) is 4.31 Å². The number of sulfonamides is 1. The molecule has 1 saturated heterocycles. The van der Waals surface area contributed by atoms with Crippen molar-refractivity contribution in [3.05, 3.63) is 24.3 Å². The predicted molar refractivity (Wildman–Crippen MR) is 113 cm³/mol. The summed E-state index contributed by atoms with van der Waals surface area (Å²) in [6, 6.07) is 6.85. The molecule has 8 nitrogen and oxygen atoms in total. The van der Waals surface area contributed by atoms with E-state index in [2.05, 4.69) is 15.5 Å². The first-order chi connectivity index (χ1) is 14.0. The summed E-state index contributed by atoms with van der Waals surface area (Å²) < 4.78 is 29.2. The Kier molecular flexibility index (Phi) is 7.31. The molecule has 1 aromatic heterocycles. The van der Waals surface area contributed by atoms with Crippen LogP contribution in [0.15, 0.2) is 34.3 Å². The van der Waals surface area contributed by atoms with E-state index in [0.717, 1.165) is 19.3 Å². The van der Waals surface area contributed by atoms with Crippen molar-refractivity contribution in [3.63, 3.8) is 0 Å². The molecule has 0 atom stereocenters. The molecule has 1 aromatic carbocycles. The Morgan fingerprint density at radius 3 is 2.66 bits per heavy atom. The molecule has 0 radical (unpaired) electrons. The minimum Gasteiger partial charge on any atom is -0.355 e. The van der Waals surface area contributed by atoms with Crippen molar-refractivity contribution in [2.75, 3.05) is 25.4 Å². The van der Waals surface area contributed by atoms with Crippen molar-refractivity contribution in [1.82, 2.24) is 24.4 Å². The zero-order valence-electron chi connectivity index (χ0n) is 16.8. The summed E-state index contributed by atoms with van der Waals surface area (Å²) in [4.78, 5) is 12.1. The first kappa shape index (κ1) is 21.8. The summed E-state index contributed by atoms with van der Waals surface area (Å²) in [5.74, 6) is 0.826. The Morgan fingerprint density at radius 1 is 1.21 bits per heavy atom. The van der Waals surface area contributed by atoms with Gasteiger partial charge in [-0.05, 0) is 38.3 Å². The van der Waals surface area contributed by atoms with Crippen LogP contribution in [0.4, 0.5) is 0 Å². The maximum absolute atomic E-state index is 12.9. The van der Waals surface area contributed by atoms with Gasteiger partial charge >= 0.3 is 0 Å². The molecule has 1 fully saturated rings. The second-order valence-electron chi connectivity index (χ2n) is 6.83. The summed E-state index contributed by atoms with van der Waals surface area (Å²) in [5.41, 5.74) is 0.696. The van der Waals surface area contributed by atoms with Crippen LogP contribution in [0.3, 0.4) is 0 Å². The zero-order chi connectivity index (χ0) is 20.9. The van der Waals surface area contributed by atoms with E-state index in [-0.39, 0.29) is 16.6 Å². The molecule has 2 aromatic rings. The van der Waals surface area contributed by atoms with Crippen molar-refractivity contribution in [3.8, 4) is 11.4 Å². The highest BCUT2D eigenvalue weighted by atomic mass is 32.2. The van der Waals surface area contributed by atoms with Crippen molar-refractivity contribution < 1.29 is 13.2 Å². The summed E-state index contributed by atoms with van der Waals surface area (Å²) in [7, 11) is -3.49. The van der Waals surface area contributed by atoms with Gasteiger partial charge in [0.25, 0.3) is 0 Å².